The highest BCUT2D eigenvalue weighted by atomic mass is 35.5. The molecule has 0 spiro atoms. The Kier molecular flexibility index (Phi) is 5.08. The second-order valence-electron chi connectivity index (χ2n) is 7.14. The molecule has 0 radical (unpaired) electrons. The van der Waals surface area contributed by atoms with E-state index in [1.807, 2.05) is 30.3 Å². The fourth-order valence-corrected chi connectivity index (χ4v) is 3.06. The van der Waals surface area contributed by atoms with Gasteiger partial charge in [0.2, 0.25) is 0 Å². The van der Waals surface area contributed by atoms with E-state index in [1.165, 1.54) is 5.56 Å². The monoisotopic (exact) mass is 369 g/mol. The average molecular weight is 370 g/mol. The average Bonchev–Trinajstić information content (AvgIpc) is 2.59. The normalized spacial score (nSPS) is 11.4. The van der Waals surface area contributed by atoms with E-state index in [9.17, 15) is 0 Å². The summed E-state index contributed by atoms with van der Waals surface area (Å²) in [5.41, 5.74) is 5.34. The van der Waals surface area contributed by atoms with Gasteiger partial charge in [0.05, 0.1) is 15.7 Å². The van der Waals surface area contributed by atoms with E-state index < -0.39 is 0 Å². The van der Waals surface area contributed by atoms with Crippen molar-refractivity contribution in [3.8, 4) is 11.1 Å². The number of hydrogen-bond donors (Lipinski definition) is 1. The highest BCUT2D eigenvalue weighted by molar-refractivity contribution is 6.44. The number of rotatable bonds is 3. The smallest absolute Gasteiger partial charge is 0.0827 e. The molecule has 0 saturated heterocycles. The first-order valence-corrected chi connectivity index (χ1v) is 9.02. The van der Waals surface area contributed by atoms with Gasteiger partial charge in [-0.15, -0.1) is 0 Å². The quantitative estimate of drug-likeness (QED) is 0.498. The lowest BCUT2D eigenvalue weighted by Gasteiger charge is -2.19. The van der Waals surface area contributed by atoms with Crippen molar-refractivity contribution in [3.05, 3.63) is 82.3 Å². The number of anilines is 2. The second kappa shape index (κ2) is 7.11. The standard InChI is InChI=1S/C22H21Cl2N/c1-22(2,3)17-9-11-18(12-10-17)25-20-14-16(13-19(23)21(20)24)15-7-5-4-6-8-15/h4-14,25H,1-3H3. The number of hydrogen-bond acceptors (Lipinski definition) is 1. The molecule has 25 heavy (non-hydrogen) atoms. The van der Waals surface area contributed by atoms with Crippen LogP contribution in [-0.2, 0) is 5.41 Å². The van der Waals surface area contributed by atoms with Gasteiger partial charge in [0.25, 0.3) is 0 Å². The molecule has 128 valence electrons. The molecule has 3 aromatic carbocycles. The van der Waals surface area contributed by atoms with E-state index in [0.717, 1.165) is 22.5 Å². The van der Waals surface area contributed by atoms with Crippen LogP contribution in [0, 0.1) is 0 Å². The summed E-state index contributed by atoms with van der Waals surface area (Å²) in [6.07, 6.45) is 0. The van der Waals surface area contributed by atoms with E-state index in [0.29, 0.717) is 10.0 Å². The molecule has 0 aromatic heterocycles. The van der Waals surface area contributed by atoms with Crippen molar-refractivity contribution < 1.29 is 0 Å². The van der Waals surface area contributed by atoms with E-state index in [4.69, 9.17) is 23.2 Å². The Balaban J connectivity index is 1.93. The van der Waals surface area contributed by atoms with Crippen LogP contribution in [0.1, 0.15) is 26.3 Å². The molecule has 0 saturated carbocycles. The first kappa shape index (κ1) is 17.8. The molecule has 1 nitrogen and oxygen atoms in total. The fourth-order valence-electron chi connectivity index (χ4n) is 2.69. The van der Waals surface area contributed by atoms with E-state index in [-0.39, 0.29) is 5.41 Å². The SMILES string of the molecule is CC(C)(C)c1ccc(Nc2cc(-c3ccccc3)cc(Cl)c2Cl)cc1. The van der Waals surface area contributed by atoms with Gasteiger partial charge in [-0.25, -0.2) is 0 Å². The number of halogens is 2. The van der Waals surface area contributed by atoms with Crippen molar-refractivity contribution in [1.29, 1.82) is 0 Å². The van der Waals surface area contributed by atoms with Crippen LogP contribution < -0.4 is 5.32 Å². The largest absolute Gasteiger partial charge is 0.354 e. The first-order valence-electron chi connectivity index (χ1n) is 8.26. The molecule has 0 unspecified atom stereocenters. The van der Waals surface area contributed by atoms with Crippen LogP contribution in [0.5, 0.6) is 0 Å². The minimum Gasteiger partial charge on any atom is -0.354 e. The Labute approximate surface area is 159 Å². The lowest BCUT2D eigenvalue weighted by Crippen LogP contribution is -2.10. The summed E-state index contributed by atoms with van der Waals surface area (Å²) in [6, 6.07) is 22.5. The third-order valence-corrected chi connectivity index (χ3v) is 4.97. The van der Waals surface area contributed by atoms with Crippen LogP contribution in [0.3, 0.4) is 0 Å². The summed E-state index contributed by atoms with van der Waals surface area (Å²) >= 11 is 12.8. The van der Waals surface area contributed by atoms with Crippen molar-refractivity contribution in [2.45, 2.75) is 26.2 Å². The van der Waals surface area contributed by atoms with Gasteiger partial charge in [-0.3, -0.25) is 0 Å². The predicted molar refractivity (Wildman–Crippen MR) is 110 cm³/mol. The maximum absolute atomic E-state index is 6.41. The Morgan fingerprint density at radius 3 is 2.00 bits per heavy atom. The molecular formula is C22H21Cl2N. The molecule has 0 fully saturated rings. The van der Waals surface area contributed by atoms with Gasteiger partial charge in [-0.2, -0.15) is 0 Å². The molecule has 1 N–H and O–H groups in total. The fraction of sp³-hybridized carbons (Fsp3) is 0.182. The zero-order valence-electron chi connectivity index (χ0n) is 14.6. The Bertz CT molecular complexity index is 863. The maximum Gasteiger partial charge on any atom is 0.0827 e. The van der Waals surface area contributed by atoms with Gasteiger partial charge >= 0.3 is 0 Å². The number of benzene rings is 3. The third kappa shape index (κ3) is 4.18. The zero-order valence-corrected chi connectivity index (χ0v) is 16.1. The van der Waals surface area contributed by atoms with Gasteiger partial charge in [-0.05, 0) is 46.4 Å². The van der Waals surface area contributed by atoms with Gasteiger partial charge in [0.1, 0.15) is 0 Å². The van der Waals surface area contributed by atoms with Crippen molar-refractivity contribution >= 4 is 34.6 Å². The molecule has 0 atom stereocenters. The highest BCUT2D eigenvalue weighted by Gasteiger charge is 2.14. The van der Waals surface area contributed by atoms with Crippen LogP contribution in [0.25, 0.3) is 11.1 Å². The molecule has 3 heteroatoms. The predicted octanol–water partition coefficient (Wildman–Crippen LogP) is 7.70. The van der Waals surface area contributed by atoms with Gasteiger partial charge in [0.15, 0.2) is 0 Å². The second-order valence-corrected chi connectivity index (χ2v) is 7.92. The van der Waals surface area contributed by atoms with Crippen molar-refractivity contribution in [2.24, 2.45) is 0 Å². The van der Waals surface area contributed by atoms with Crippen LogP contribution in [0.4, 0.5) is 11.4 Å². The van der Waals surface area contributed by atoms with Crippen LogP contribution in [0.2, 0.25) is 10.0 Å². The van der Waals surface area contributed by atoms with E-state index in [1.54, 1.807) is 0 Å². The number of nitrogens with one attached hydrogen (secondary N) is 1. The van der Waals surface area contributed by atoms with Gasteiger partial charge < -0.3 is 5.32 Å². The summed E-state index contributed by atoms with van der Waals surface area (Å²) in [4.78, 5) is 0. The van der Waals surface area contributed by atoms with Gasteiger partial charge in [0, 0.05) is 5.69 Å². The Hall–Kier alpha value is -1.96. The summed E-state index contributed by atoms with van der Waals surface area (Å²) in [5, 5.41) is 4.45. The Morgan fingerprint density at radius 2 is 1.40 bits per heavy atom. The molecule has 3 rings (SSSR count). The van der Waals surface area contributed by atoms with E-state index >= 15 is 0 Å². The van der Waals surface area contributed by atoms with Crippen molar-refractivity contribution in [3.63, 3.8) is 0 Å². The molecule has 3 aromatic rings. The topological polar surface area (TPSA) is 12.0 Å². The molecule has 0 aliphatic rings. The summed E-state index contributed by atoms with van der Waals surface area (Å²) in [7, 11) is 0. The highest BCUT2D eigenvalue weighted by Crippen LogP contribution is 2.37. The van der Waals surface area contributed by atoms with Crippen LogP contribution in [-0.4, -0.2) is 0 Å². The van der Waals surface area contributed by atoms with E-state index in [2.05, 4.69) is 62.5 Å². The molecule has 0 aliphatic carbocycles. The maximum atomic E-state index is 6.41. The summed E-state index contributed by atoms with van der Waals surface area (Å²) in [5.74, 6) is 0. The lowest BCUT2D eigenvalue weighted by molar-refractivity contribution is 0.590. The van der Waals surface area contributed by atoms with Crippen LogP contribution >= 0.6 is 23.2 Å². The van der Waals surface area contributed by atoms with Crippen molar-refractivity contribution in [2.75, 3.05) is 5.32 Å². The zero-order chi connectivity index (χ0) is 18.0. The molecule has 0 bridgehead atoms. The lowest BCUT2D eigenvalue weighted by atomic mass is 9.87. The van der Waals surface area contributed by atoms with Gasteiger partial charge in [-0.1, -0.05) is 86.4 Å². The minimum atomic E-state index is 0.132. The van der Waals surface area contributed by atoms with Crippen molar-refractivity contribution in [1.82, 2.24) is 0 Å². The first-order chi connectivity index (χ1) is 11.8. The summed E-state index contributed by atoms with van der Waals surface area (Å²) in [6.45, 7) is 6.61. The Morgan fingerprint density at radius 1 is 0.760 bits per heavy atom. The third-order valence-electron chi connectivity index (χ3n) is 4.17. The molecule has 0 amide bonds. The minimum absolute atomic E-state index is 0.132. The molecule has 0 heterocycles. The van der Waals surface area contributed by atoms with Crippen LogP contribution in [0.15, 0.2) is 66.7 Å². The molecule has 0 aliphatic heterocycles. The summed E-state index contributed by atoms with van der Waals surface area (Å²) < 4.78 is 0. The molecular weight excluding hydrogens is 349 g/mol.